The fourth-order valence-corrected chi connectivity index (χ4v) is 1.20. The second-order valence-electron chi connectivity index (χ2n) is 2.05. The first-order chi connectivity index (χ1) is 5.36. The Kier molecular flexibility index (Phi) is 1.65. The van der Waals surface area contributed by atoms with Gasteiger partial charge in [0.2, 0.25) is 0 Å². The molecule has 2 aromatic rings. The highest BCUT2D eigenvalue weighted by Crippen LogP contribution is 2.05. The molecule has 2 aromatic heterocycles. The molecule has 0 amide bonds. The van der Waals surface area contributed by atoms with E-state index >= 15 is 0 Å². The molecule has 2 rings (SSSR count). The highest BCUT2D eigenvalue weighted by molar-refractivity contribution is 14.1. The van der Waals surface area contributed by atoms with E-state index in [-0.39, 0.29) is 0 Å². The minimum atomic E-state index is 0.882. The van der Waals surface area contributed by atoms with E-state index < -0.39 is 0 Å². The van der Waals surface area contributed by atoms with Crippen molar-refractivity contribution in [3.8, 4) is 5.82 Å². The third kappa shape index (κ3) is 1.28. The predicted molar refractivity (Wildman–Crippen MR) is 48.4 cm³/mol. The van der Waals surface area contributed by atoms with Gasteiger partial charge < -0.3 is 0 Å². The maximum Gasteiger partial charge on any atom is 0.149 e. The fraction of sp³-hybridized carbons (Fsp3) is 0. The van der Waals surface area contributed by atoms with Crippen LogP contribution < -0.4 is 0 Å². The quantitative estimate of drug-likeness (QED) is 0.783. The Bertz CT molecular complexity index is 337. The monoisotopic (exact) mass is 260 g/mol. The molecule has 56 valence electrons. The van der Waals surface area contributed by atoms with Crippen molar-refractivity contribution in [1.29, 1.82) is 0 Å². The highest BCUT2D eigenvalue weighted by atomic mass is 127. The second-order valence-corrected chi connectivity index (χ2v) is 3.29. The minimum Gasteiger partial charge on any atom is -0.261 e. The summed E-state index contributed by atoms with van der Waals surface area (Å²) in [6.45, 7) is 0. The van der Waals surface area contributed by atoms with Gasteiger partial charge in [-0.3, -0.25) is 5.10 Å². The Labute approximate surface area is 76.8 Å². The average Bonchev–Trinajstić information content (AvgIpc) is 2.55. The van der Waals surface area contributed by atoms with E-state index in [4.69, 9.17) is 0 Å². The summed E-state index contributed by atoms with van der Waals surface area (Å²) in [4.78, 5) is 0. The van der Waals surface area contributed by atoms with Crippen LogP contribution in [0.25, 0.3) is 5.82 Å². The van der Waals surface area contributed by atoms with Crippen LogP contribution in [-0.4, -0.2) is 20.0 Å². The van der Waals surface area contributed by atoms with Crippen LogP contribution in [0.3, 0.4) is 0 Å². The molecule has 0 atom stereocenters. The van der Waals surface area contributed by atoms with Gasteiger partial charge in [0, 0.05) is 12.3 Å². The average molecular weight is 260 g/mol. The molecule has 0 bridgehead atoms. The first-order valence-corrected chi connectivity index (χ1v) is 4.14. The number of hydrogen-bond donors (Lipinski definition) is 1. The summed E-state index contributed by atoms with van der Waals surface area (Å²) in [6, 6.07) is 1.86. The van der Waals surface area contributed by atoms with Crippen LogP contribution in [0.4, 0.5) is 0 Å². The molecule has 0 fully saturated rings. The number of aromatic amines is 1. The van der Waals surface area contributed by atoms with Gasteiger partial charge in [0.15, 0.2) is 0 Å². The van der Waals surface area contributed by atoms with Gasteiger partial charge in [-0.25, -0.2) is 4.68 Å². The number of rotatable bonds is 1. The normalized spacial score (nSPS) is 10.3. The molecule has 0 radical (unpaired) electrons. The molecule has 2 heterocycles. The van der Waals surface area contributed by atoms with Gasteiger partial charge in [0.1, 0.15) is 5.82 Å². The van der Waals surface area contributed by atoms with E-state index in [2.05, 4.69) is 37.9 Å². The largest absolute Gasteiger partial charge is 0.261 e. The Balaban J connectivity index is 2.45. The van der Waals surface area contributed by atoms with Crippen molar-refractivity contribution in [2.45, 2.75) is 0 Å². The number of nitrogens with zero attached hydrogens (tertiary/aromatic N) is 3. The van der Waals surface area contributed by atoms with Gasteiger partial charge in [0.25, 0.3) is 0 Å². The van der Waals surface area contributed by atoms with E-state index in [1.807, 2.05) is 12.3 Å². The van der Waals surface area contributed by atoms with E-state index in [1.165, 1.54) is 0 Å². The lowest BCUT2D eigenvalue weighted by Crippen LogP contribution is -1.93. The molecule has 5 heteroatoms. The molecule has 0 saturated heterocycles. The molecule has 1 N–H and O–H groups in total. The van der Waals surface area contributed by atoms with Crippen molar-refractivity contribution in [3.63, 3.8) is 0 Å². The van der Waals surface area contributed by atoms with Crippen molar-refractivity contribution in [2.75, 3.05) is 0 Å². The Morgan fingerprint density at radius 2 is 2.45 bits per heavy atom. The number of nitrogens with one attached hydrogen (secondary N) is 1. The van der Waals surface area contributed by atoms with Crippen LogP contribution in [0.15, 0.2) is 24.7 Å². The molecule has 11 heavy (non-hydrogen) atoms. The molecule has 0 aliphatic carbocycles. The van der Waals surface area contributed by atoms with E-state index in [0.717, 1.165) is 9.39 Å². The van der Waals surface area contributed by atoms with Gasteiger partial charge in [-0.2, -0.15) is 10.2 Å². The van der Waals surface area contributed by atoms with Crippen LogP contribution in [0, 0.1) is 3.57 Å². The SMILES string of the molecule is Ic1cnn(-c2ccn[nH]2)c1. The van der Waals surface area contributed by atoms with Crippen molar-refractivity contribution >= 4 is 22.6 Å². The fourth-order valence-electron chi connectivity index (χ4n) is 0.809. The van der Waals surface area contributed by atoms with Gasteiger partial charge in [0.05, 0.1) is 16.0 Å². The number of aromatic nitrogens is 4. The Hall–Kier alpha value is -0.850. The summed E-state index contributed by atoms with van der Waals surface area (Å²) in [7, 11) is 0. The minimum absolute atomic E-state index is 0.882. The van der Waals surface area contributed by atoms with Gasteiger partial charge in [-0.15, -0.1) is 0 Å². The van der Waals surface area contributed by atoms with E-state index in [9.17, 15) is 0 Å². The third-order valence-electron chi connectivity index (χ3n) is 1.28. The Morgan fingerprint density at radius 1 is 1.55 bits per heavy atom. The van der Waals surface area contributed by atoms with Gasteiger partial charge in [-0.1, -0.05) is 0 Å². The van der Waals surface area contributed by atoms with Gasteiger partial charge in [-0.05, 0) is 22.6 Å². The maximum absolute atomic E-state index is 4.10. The van der Waals surface area contributed by atoms with Crippen molar-refractivity contribution in [1.82, 2.24) is 20.0 Å². The zero-order valence-corrected chi connectivity index (χ0v) is 7.69. The summed E-state index contributed by atoms with van der Waals surface area (Å²) < 4.78 is 2.85. The van der Waals surface area contributed by atoms with Crippen molar-refractivity contribution in [3.05, 3.63) is 28.2 Å². The van der Waals surface area contributed by atoms with Crippen LogP contribution in [0.1, 0.15) is 0 Å². The molecule has 0 aromatic carbocycles. The van der Waals surface area contributed by atoms with Crippen LogP contribution in [0.5, 0.6) is 0 Å². The molecular formula is C6H5IN4. The summed E-state index contributed by atoms with van der Waals surface area (Å²) in [6.07, 6.45) is 5.42. The van der Waals surface area contributed by atoms with Crippen LogP contribution >= 0.6 is 22.6 Å². The summed E-state index contributed by atoms with van der Waals surface area (Å²) in [5.41, 5.74) is 0. The molecule has 0 aliphatic rings. The molecule has 0 unspecified atom stereocenters. The third-order valence-corrected chi connectivity index (χ3v) is 1.84. The number of hydrogen-bond acceptors (Lipinski definition) is 2. The first-order valence-electron chi connectivity index (χ1n) is 3.06. The molecule has 0 saturated carbocycles. The van der Waals surface area contributed by atoms with Crippen LogP contribution in [-0.2, 0) is 0 Å². The smallest absolute Gasteiger partial charge is 0.149 e. The lowest BCUT2D eigenvalue weighted by molar-refractivity contribution is 0.836. The van der Waals surface area contributed by atoms with Gasteiger partial charge >= 0.3 is 0 Å². The lowest BCUT2D eigenvalue weighted by Gasteiger charge is -1.91. The topological polar surface area (TPSA) is 46.5 Å². The lowest BCUT2D eigenvalue weighted by atomic mass is 10.6. The molecule has 0 spiro atoms. The molecule has 4 nitrogen and oxygen atoms in total. The molecule has 0 aliphatic heterocycles. The zero-order chi connectivity index (χ0) is 7.68. The zero-order valence-electron chi connectivity index (χ0n) is 5.53. The van der Waals surface area contributed by atoms with Crippen molar-refractivity contribution < 1.29 is 0 Å². The molecular weight excluding hydrogens is 255 g/mol. The van der Waals surface area contributed by atoms with E-state index in [0.29, 0.717) is 0 Å². The standard InChI is InChI=1S/C6H5IN4/c7-5-3-9-11(4-5)6-1-2-8-10-6/h1-4H,(H,8,10). The van der Waals surface area contributed by atoms with Crippen molar-refractivity contribution in [2.24, 2.45) is 0 Å². The van der Waals surface area contributed by atoms with Crippen LogP contribution in [0.2, 0.25) is 0 Å². The summed E-state index contributed by atoms with van der Waals surface area (Å²) >= 11 is 2.21. The predicted octanol–water partition coefficient (Wildman–Crippen LogP) is 1.20. The van der Waals surface area contributed by atoms with E-state index in [1.54, 1.807) is 17.1 Å². The summed E-state index contributed by atoms with van der Waals surface area (Å²) in [5, 5.41) is 10.7. The first kappa shape index (κ1) is 6.84. The maximum atomic E-state index is 4.10. The number of H-pyrrole nitrogens is 1. The number of halogens is 1. The highest BCUT2D eigenvalue weighted by Gasteiger charge is 1.97. The summed E-state index contributed by atoms with van der Waals surface area (Å²) in [5.74, 6) is 0.882. The second kappa shape index (κ2) is 2.65. The Morgan fingerprint density at radius 3 is 3.00 bits per heavy atom.